The van der Waals surface area contributed by atoms with Crippen LogP contribution in [0, 0.1) is 0 Å². The SMILES string of the molecule is CCCC/C=C\CCCCCCCC(=O)OC[C@H](COC(=O)CCCCCCCCCCCCCCCCCCC)OC(=O)CCCCCCCCCCCCCCCCCCCCCCC. The number of rotatable bonds is 56. The number of hydrogen-bond acceptors (Lipinski definition) is 6. The molecule has 0 spiro atoms. The molecule has 0 amide bonds. The minimum atomic E-state index is -0.767. The molecule has 0 aliphatic rings. The van der Waals surface area contributed by atoms with Crippen LogP contribution in [0.3, 0.4) is 0 Å². The van der Waals surface area contributed by atoms with Crippen molar-refractivity contribution in [3.05, 3.63) is 12.2 Å². The van der Waals surface area contributed by atoms with Crippen molar-refractivity contribution < 1.29 is 28.6 Å². The fourth-order valence-electron chi connectivity index (χ4n) is 9.19. The minimum absolute atomic E-state index is 0.0665. The summed E-state index contributed by atoms with van der Waals surface area (Å²) in [4.78, 5) is 38.1. The van der Waals surface area contributed by atoms with Crippen molar-refractivity contribution in [1.29, 1.82) is 0 Å². The normalized spacial score (nSPS) is 12.0. The van der Waals surface area contributed by atoms with E-state index in [1.807, 2.05) is 0 Å². The van der Waals surface area contributed by atoms with Gasteiger partial charge in [0.05, 0.1) is 0 Å². The highest BCUT2D eigenvalue weighted by Crippen LogP contribution is 2.18. The lowest BCUT2D eigenvalue weighted by atomic mass is 10.0. The van der Waals surface area contributed by atoms with Crippen molar-refractivity contribution in [1.82, 2.24) is 0 Å². The third-order valence-corrected chi connectivity index (χ3v) is 13.8. The number of hydrogen-bond donors (Lipinski definition) is 0. The first-order valence-corrected chi connectivity index (χ1v) is 30.2. The summed E-state index contributed by atoms with van der Waals surface area (Å²) in [7, 11) is 0. The van der Waals surface area contributed by atoms with Gasteiger partial charge in [-0.3, -0.25) is 14.4 Å². The first-order chi connectivity index (χ1) is 33.0. The number of carbonyl (C=O) groups excluding carboxylic acids is 3. The summed E-state index contributed by atoms with van der Waals surface area (Å²) < 4.78 is 16.9. The molecule has 0 saturated heterocycles. The molecule has 0 aromatic carbocycles. The Morgan fingerprint density at radius 3 is 0.791 bits per heavy atom. The van der Waals surface area contributed by atoms with E-state index in [0.717, 1.165) is 64.2 Å². The van der Waals surface area contributed by atoms with Crippen LogP contribution in [-0.4, -0.2) is 37.2 Å². The van der Waals surface area contributed by atoms with E-state index in [1.165, 1.54) is 238 Å². The van der Waals surface area contributed by atoms with Crippen LogP contribution >= 0.6 is 0 Å². The van der Waals surface area contributed by atoms with Crippen molar-refractivity contribution in [2.45, 2.75) is 348 Å². The molecule has 1 atom stereocenters. The monoisotopic (exact) mass is 945 g/mol. The Labute approximate surface area is 418 Å². The molecule has 0 aromatic rings. The van der Waals surface area contributed by atoms with E-state index in [9.17, 15) is 14.4 Å². The zero-order valence-electron chi connectivity index (χ0n) is 45.5. The largest absolute Gasteiger partial charge is 0.462 e. The number of allylic oxidation sites excluding steroid dienone is 2. The van der Waals surface area contributed by atoms with Gasteiger partial charge in [0, 0.05) is 19.3 Å². The van der Waals surface area contributed by atoms with Crippen molar-refractivity contribution in [2.24, 2.45) is 0 Å². The zero-order chi connectivity index (χ0) is 48.6. The van der Waals surface area contributed by atoms with Gasteiger partial charge in [0.2, 0.25) is 0 Å². The molecule has 0 radical (unpaired) electrons. The Morgan fingerprint density at radius 1 is 0.284 bits per heavy atom. The standard InChI is InChI=1S/C61H116O6/c1-4-7-10-13-16-19-22-24-26-28-29-30-31-33-35-37-40-43-46-49-52-55-61(64)67-58(56-65-59(62)53-50-47-44-41-38-21-18-15-12-9-6-3)57-66-60(63)54-51-48-45-42-39-36-34-32-27-25-23-20-17-14-11-8-5-2/h15,18,58H,4-14,16-17,19-57H2,1-3H3/b18-15-/t58-/m1/s1. The van der Waals surface area contributed by atoms with Gasteiger partial charge < -0.3 is 14.2 Å². The van der Waals surface area contributed by atoms with Crippen LogP contribution in [0.1, 0.15) is 342 Å². The molecule has 67 heavy (non-hydrogen) atoms. The van der Waals surface area contributed by atoms with E-state index < -0.39 is 6.10 Å². The van der Waals surface area contributed by atoms with Gasteiger partial charge in [-0.1, -0.05) is 296 Å². The lowest BCUT2D eigenvalue weighted by Gasteiger charge is -2.18. The minimum Gasteiger partial charge on any atom is -0.462 e. The Kier molecular flexibility index (Phi) is 55.2. The second-order valence-electron chi connectivity index (χ2n) is 20.6. The highest BCUT2D eigenvalue weighted by atomic mass is 16.6. The molecule has 396 valence electrons. The van der Waals surface area contributed by atoms with Gasteiger partial charge in [0.25, 0.3) is 0 Å². The number of unbranched alkanes of at least 4 members (excludes halogenated alkanes) is 43. The molecule has 0 aliphatic carbocycles. The smallest absolute Gasteiger partial charge is 0.306 e. The first kappa shape index (κ1) is 65.1. The van der Waals surface area contributed by atoms with Gasteiger partial charge in [0.15, 0.2) is 6.10 Å². The van der Waals surface area contributed by atoms with E-state index in [1.54, 1.807) is 0 Å². The molecule has 0 saturated carbocycles. The van der Waals surface area contributed by atoms with Crippen LogP contribution in [0.4, 0.5) is 0 Å². The molecule has 6 heteroatoms. The molecule has 0 bridgehead atoms. The van der Waals surface area contributed by atoms with Gasteiger partial charge in [-0.15, -0.1) is 0 Å². The first-order valence-electron chi connectivity index (χ1n) is 30.2. The van der Waals surface area contributed by atoms with Crippen LogP contribution in [0.2, 0.25) is 0 Å². The molecular weight excluding hydrogens is 829 g/mol. The van der Waals surface area contributed by atoms with E-state index in [4.69, 9.17) is 14.2 Å². The summed E-state index contributed by atoms with van der Waals surface area (Å²) in [6.07, 6.45) is 65.0. The molecule has 0 aromatic heterocycles. The summed E-state index contributed by atoms with van der Waals surface area (Å²) in [5, 5.41) is 0. The maximum Gasteiger partial charge on any atom is 0.306 e. The van der Waals surface area contributed by atoms with E-state index in [0.29, 0.717) is 19.3 Å². The predicted molar refractivity (Wildman–Crippen MR) is 289 cm³/mol. The van der Waals surface area contributed by atoms with E-state index in [-0.39, 0.29) is 31.1 Å². The van der Waals surface area contributed by atoms with E-state index in [2.05, 4.69) is 32.9 Å². The van der Waals surface area contributed by atoms with Crippen LogP contribution < -0.4 is 0 Å². The molecule has 0 fully saturated rings. The van der Waals surface area contributed by atoms with E-state index >= 15 is 0 Å². The van der Waals surface area contributed by atoms with Gasteiger partial charge in [0.1, 0.15) is 13.2 Å². The van der Waals surface area contributed by atoms with Crippen LogP contribution in [-0.2, 0) is 28.6 Å². The zero-order valence-corrected chi connectivity index (χ0v) is 45.5. The van der Waals surface area contributed by atoms with Crippen LogP contribution in [0.5, 0.6) is 0 Å². The fourth-order valence-corrected chi connectivity index (χ4v) is 9.19. The Hall–Kier alpha value is -1.85. The van der Waals surface area contributed by atoms with Gasteiger partial charge >= 0.3 is 17.9 Å². The van der Waals surface area contributed by atoms with Crippen molar-refractivity contribution >= 4 is 17.9 Å². The lowest BCUT2D eigenvalue weighted by Crippen LogP contribution is -2.30. The van der Waals surface area contributed by atoms with Gasteiger partial charge in [-0.25, -0.2) is 0 Å². The summed E-state index contributed by atoms with van der Waals surface area (Å²) in [6, 6.07) is 0. The topological polar surface area (TPSA) is 78.9 Å². The second kappa shape index (κ2) is 56.7. The number of ether oxygens (including phenoxy) is 3. The maximum atomic E-state index is 12.9. The van der Waals surface area contributed by atoms with Crippen LogP contribution in [0.25, 0.3) is 0 Å². The lowest BCUT2D eigenvalue weighted by molar-refractivity contribution is -0.167. The second-order valence-corrected chi connectivity index (χ2v) is 20.6. The highest BCUT2D eigenvalue weighted by Gasteiger charge is 2.19. The average Bonchev–Trinajstić information content (AvgIpc) is 3.33. The molecular formula is C61H116O6. The Bertz CT molecular complexity index is 1040. The molecule has 6 nitrogen and oxygen atoms in total. The molecule has 0 N–H and O–H groups in total. The molecule has 0 unspecified atom stereocenters. The number of carbonyl (C=O) groups is 3. The molecule has 0 heterocycles. The number of esters is 3. The van der Waals surface area contributed by atoms with Crippen LogP contribution in [0.15, 0.2) is 12.2 Å². The quantitative estimate of drug-likeness (QED) is 0.0262. The third-order valence-electron chi connectivity index (χ3n) is 13.8. The molecule has 0 rings (SSSR count). The summed E-state index contributed by atoms with van der Waals surface area (Å²) in [5.41, 5.74) is 0. The van der Waals surface area contributed by atoms with Gasteiger partial charge in [-0.05, 0) is 38.5 Å². The Morgan fingerprint density at radius 2 is 0.507 bits per heavy atom. The summed E-state index contributed by atoms with van der Waals surface area (Å²) in [6.45, 7) is 6.66. The van der Waals surface area contributed by atoms with Crippen molar-refractivity contribution in [2.75, 3.05) is 13.2 Å². The average molecular weight is 946 g/mol. The summed E-state index contributed by atoms with van der Waals surface area (Å²) in [5.74, 6) is -0.850. The maximum absolute atomic E-state index is 12.9. The predicted octanol–water partition coefficient (Wildman–Crippen LogP) is 20.1. The summed E-state index contributed by atoms with van der Waals surface area (Å²) >= 11 is 0. The molecule has 0 aliphatic heterocycles. The highest BCUT2D eigenvalue weighted by molar-refractivity contribution is 5.71. The fraction of sp³-hybridized carbons (Fsp3) is 0.918. The van der Waals surface area contributed by atoms with Crippen molar-refractivity contribution in [3.8, 4) is 0 Å². The Balaban J connectivity index is 4.23. The van der Waals surface area contributed by atoms with Gasteiger partial charge in [-0.2, -0.15) is 0 Å². The van der Waals surface area contributed by atoms with Crippen molar-refractivity contribution in [3.63, 3.8) is 0 Å². The third kappa shape index (κ3) is 55.0.